The molecule has 166 valence electrons. The van der Waals surface area contributed by atoms with Crippen LogP contribution in [0.5, 0.6) is 0 Å². The van der Waals surface area contributed by atoms with E-state index in [2.05, 4.69) is 41.8 Å². The Kier molecular flexibility index (Phi) is 8.63. The lowest BCUT2D eigenvalue weighted by atomic mass is 9.70. The number of halogens is 1. The third-order valence-corrected chi connectivity index (χ3v) is 6.84. The molecule has 31 heavy (non-hydrogen) atoms. The Labute approximate surface area is 187 Å². The molecule has 1 aliphatic heterocycles. The molecular weight excluding hydrogens is 385 g/mol. The Morgan fingerprint density at radius 1 is 0.903 bits per heavy atom. The first-order valence-electron chi connectivity index (χ1n) is 11.7. The second kappa shape index (κ2) is 11.4. The summed E-state index contributed by atoms with van der Waals surface area (Å²) in [6, 6.07) is 19.9. The van der Waals surface area contributed by atoms with E-state index in [9.17, 15) is 9.65 Å². The molecule has 2 aromatic rings. The quantitative estimate of drug-likeness (QED) is 0.523. The highest BCUT2D eigenvalue weighted by Gasteiger charge is 2.35. The fourth-order valence-corrected chi connectivity index (χ4v) is 4.73. The van der Waals surface area contributed by atoms with Crippen LogP contribution in [0.15, 0.2) is 54.6 Å². The summed E-state index contributed by atoms with van der Waals surface area (Å²) < 4.78 is 13.0. The van der Waals surface area contributed by atoms with Crippen LogP contribution in [0.25, 0.3) is 0 Å². The van der Waals surface area contributed by atoms with Gasteiger partial charge in [-0.05, 0) is 68.0 Å². The largest absolute Gasteiger partial charge is 0.301 e. The predicted octanol–water partition coefficient (Wildman–Crippen LogP) is 5.27. The first kappa shape index (κ1) is 23.4. The Bertz CT molecular complexity index is 820. The molecule has 3 rings (SSSR count). The van der Waals surface area contributed by atoms with Crippen LogP contribution in [-0.2, 0) is 11.8 Å². The molecule has 0 spiro atoms. The van der Waals surface area contributed by atoms with Crippen molar-refractivity contribution in [1.29, 1.82) is 5.26 Å². The van der Waals surface area contributed by atoms with Gasteiger partial charge in [-0.25, -0.2) is 4.39 Å². The van der Waals surface area contributed by atoms with Crippen LogP contribution in [0.4, 0.5) is 4.39 Å². The molecule has 0 amide bonds. The molecule has 1 aliphatic rings. The van der Waals surface area contributed by atoms with Crippen molar-refractivity contribution in [2.24, 2.45) is 5.92 Å². The van der Waals surface area contributed by atoms with Gasteiger partial charge in [-0.2, -0.15) is 5.26 Å². The molecule has 1 fully saturated rings. The van der Waals surface area contributed by atoms with Gasteiger partial charge in [0, 0.05) is 26.2 Å². The number of hydrogen-bond acceptors (Lipinski definition) is 3. The summed E-state index contributed by atoms with van der Waals surface area (Å²) in [5.41, 5.74) is 1.96. The number of nitrogens with zero attached hydrogens (tertiary/aromatic N) is 3. The van der Waals surface area contributed by atoms with Crippen molar-refractivity contribution < 1.29 is 4.39 Å². The molecule has 0 aromatic heterocycles. The molecule has 0 radical (unpaired) electrons. The van der Waals surface area contributed by atoms with Gasteiger partial charge in [0.25, 0.3) is 0 Å². The monoisotopic (exact) mass is 421 g/mol. The Morgan fingerprint density at radius 2 is 1.48 bits per heavy atom. The second-order valence-corrected chi connectivity index (χ2v) is 9.12. The van der Waals surface area contributed by atoms with E-state index in [1.165, 1.54) is 5.56 Å². The molecule has 1 saturated heterocycles. The molecular formula is C27H36FN3. The van der Waals surface area contributed by atoms with Gasteiger partial charge in [0.15, 0.2) is 0 Å². The Balaban J connectivity index is 1.39. The van der Waals surface area contributed by atoms with Crippen molar-refractivity contribution in [2.75, 3.05) is 39.3 Å². The molecule has 0 saturated carbocycles. The lowest BCUT2D eigenvalue weighted by Gasteiger charge is -2.36. The average molecular weight is 422 g/mol. The van der Waals surface area contributed by atoms with E-state index in [0.29, 0.717) is 0 Å². The number of benzene rings is 2. The summed E-state index contributed by atoms with van der Waals surface area (Å²) in [6.07, 6.45) is 4.07. The maximum absolute atomic E-state index is 13.0. The summed E-state index contributed by atoms with van der Waals surface area (Å²) in [7, 11) is 0. The summed E-state index contributed by atoms with van der Waals surface area (Å²) in [5, 5.41) is 10.1. The SMILES string of the molecule is CC(C)C(C#N)(CCCN1CCN(CCCc2ccc(F)cc2)CC1)c1ccccc1. The average Bonchev–Trinajstić information content (AvgIpc) is 2.79. The van der Waals surface area contributed by atoms with E-state index in [1.54, 1.807) is 12.1 Å². The highest BCUT2D eigenvalue weighted by atomic mass is 19.1. The van der Waals surface area contributed by atoms with Gasteiger partial charge >= 0.3 is 0 Å². The Morgan fingerprint density at radius 3 is 2.03 bits per heavy atom. The minimum atomic E-state index is -0.399. The van der Waals surface area contributed by atoms with Crippen LogP contribution in [-0.4, -0.2) is 49.1 Å². The zero-order chi connectivity index (χ0) is 22.1. The number of hydrogen-bond donors (Lipinski definition) is 0. The molecule has 4 heteroatoms. The number of nitriles is 1. The van der Waals surface area contributed by atoms with Gasteiger partial charge in [-0.1, -0.05) is 56.3 Å². The maximum atomic E-state index is 13.0. The summed E-state index contributed by atoms with van der Waals surface area (Å²) in [4.78, 5) is 5.08. The maximum Gasteiger partial charge on any atom is 0.123 e. The van der Waals surface area contributed by atoms with Crippen molar-refractivity contribution in [3.8, 4) is 6.07 Å². The summed E-state index contributed by atoms with van der Waals surface area (Å²) in [6.45, 7) is 10.9. The van der Waals surface area contributed by atoms with E-state index < -0.39 is 5.41 Å². The van der Waals surface area contributed by atoms with E-state index in [4.69, 9.17) is 0 Å². The fraction of sp³-hybridized carbons (Fsp3) is 0.519. The fourth-order valence-electron chi connectivity index (χ4n) is 4.73. The topological polar surface area (TPSA) is 30.3 Å². The van der Waals surface area contributed by atoms with E-state index in [0.717, 1.165) is 70.5 Å². The molecule has 0 N–H and O–H groups in total. The van der Waals surface area contributed by atoms with Gasteiger partial charge < -0.3 is 9.80 Å². The standard InChI is InChI=1S/C27H36FN3/c1-23(2)27(22-29,25-9-4-3-5-10-25)15-7-17-31-20-18-30(19-21-31)16-6-8-24-11-13-26(28)14-12-24/h3-5,9-14,23H,6-8,15-21H2,1-2H3. The number of rotatable bonds is 10. The van der Waals surface area contributed by atoms with Crippen molar-refractivity contribution in [1.82, 2.24) is 9.80 Å². The third kappa shape index (κ3) is 6.38. The minimum absolute atomic E-state index is 0.163. The molecule has 0 bridgehead atoms. The van der Waals surface area contributed by atoms with Crippen molar-refractivity contribution in [3.63, 3.8) is 0 Å². The van der Waals surface area contributed by atoms with Gasteiger partial charge in [-0.15, -0.1) is 0 Å². The lowest BCUT2D eigenvalue weighted by Crippen LogP contribution is -2.47. The van der Waals surface area contributed by atoms with Crippen LogP contribution >= 0.6 is 0 Å². The minimum Gasteiger partial charge on any atom is -0.301 e. The lowest BCUT2D eigenvalue weighted by molar-refractivity contribution is 0.127. The first-order chi connectivity index (χ1) is 15.0. The van der Waals surface area contributed by atoms with Crippen LogP contribution in [0.1, 0.15) is 44.2 Å². The third-order valence-electron chi connectivity index (χ3n) is 6.84. The van der Waals surface area contributed by atoms with E-state index in [1.807, 2.05) is 30.3 Å². The summed E-state index contributed by atoms with van der Waals surface area (Å²) >= 11 is 0. The number of aryl methyl sites for hydroxylation is 1. The normalized spacial score (nSPS) is 17.4. The summed E-state index contributed by atoms with van der Waals surface area (Å²) in [5.74, 6) is 0.127. The molecule has 1 unspecified atom stereocenters. The highest BCUT2D eigenvalue weighted by Crippen LogP contribution is 2.36. The van der Waals surface area contributed by atoms with E-state index >= 15 is 0 Å². The van der Waals surface area contributed by atoms with Gasteiger partial charge in [0.1, 0.15) is 5.82 Å². The van der Waals surface area contributed by atoms with Crippen molar-refractivity contribution in [2.45, 2.75) is 44.9 Å². The van der Waals surface area contributed by atoms with Crippen LogP contribution < -0.4 is 0 Å². The molecule has 0 aliphatic carbocycles. The van der Waals surface area contributed by atoms with Crippen molar-refractivity contribution >= 4 is 0 Å². The van der Waals surface area contributed by atoms with Crippen LogP contribution in [0.2, 0.25) is 0 Å². The van der Waals surface area contributed by atoms with Crippen molar-refractivity contribution in [3.05, 3.63) is 71.5 Å². The van der Waals surface area contributed by atoms with Crippen LogP contribution in [0, 0.1) is 23.1 Å². The molecule has 2 aromatic carbocycles. The number of piperazine rings is 1. The predicted molar refractivity (Wildman–Crippen MR) is 125 cm³/mol. The van der Waals surface area contributed by atoms with Gasteiger partial charge in [0.2, 0.25) is 0 Å². The smallest absolute Gasteiger partial charge is 0.123 e. The molecule has 1 atom stereocenters. The zero-order valence-electron chi connectivity index (χ0n) is 19.1. The molecule has 3 nitrogen and oxygen atoms in total. The first-order valence-corrected chi connectivity index (χ1v) is 11.7. The highest BCUT2D eigenvalue weighted by molar-refractivity contribution is 5.33. The van der Waals surface area contributed by atoms with Gasteiger partial charge in [-0.3, -0.25) is 0 Å². The second-order valence-electron chi connectivity index (χ2n) is 9.12. The van der Waals surface area contributed by atoms with Gasteiger partial charge in [0.05, 0.1) is 11.5 Å². The Hall–Kier alpha value is -2.22. The molecule has 1 heterocycles. The van der Waals surface area contributed by atoms with E-state index in [-0.39, 0.29) is 11.7 Å². The zero-order valence-corrected chi connectivity index (χ0v) is 19.1. The van der Waals surface area contributed by atoms with Crippen LogP contribution in [0.3, 0.4) is 0 Å².